The molecule has 17 heavy (non-hydrogen) atoms. The zero-order valence-corrected chi connectivity index (χ0v) is 14.3. The molecule has 0 atom stereocenters. The first kappa shape index (κ1) is 17.0. The summed E-state index contributed by atoms with van der Waals surface area (Å²) in [5.41, 5.74) is 8.85. The zero-order valence-electron chi connectivity index (χ0n) is 11.1. The third-order valence-electron chi connectivity index (χ3n) is 3.75. The van der Waals surface area contributed by atoms with Crippen molar-refractivity contribution in [3.8, 4) is 0 Å². The first-order valence-corrected chi connectivity index (χ1v) is 5.68. The van der Waals surface area contributed by atoms with Gasteiger partial charge in [0.15, 0.2) is 0 Å². The summed E-state index contributed by atoms with van der Waals surface area (Å²) in [4.78, 5) is 0. The van der Waals surface area contributed by atoms with Gasteiger partial charge in [-0.05, 0) is 12.8 Å². The van der Waals surface area contributed by atoms with Crippen molar-refractivity contribution in [2.45, 2.75) is 40.5 Å². The first-order valence-electron chi connectivity index (χ1n) is 5.68. The maximum Gasteiger partial charge on any atom is 0 e. The van der Waals surface area contributed by atoms with Crippen molar-refractivity contribution < 1.29 is 26.2 Å². The Balaban J connectivity index is 0.00000128. The van der Waals surface area contributed by atoms with Crippen LogP contribution in [0.15, 0.2) is 45.6 Å². The third kappa shape index (κ3) is 3.49. The Morgan fingerprint density at radius 3 is 1.41 bits per heavy atom. The number of hydrogen-bond donors (Lipinski definition) is 0. The molecule has 0 saturated carbocycles. The number of halogens is 1. The Kier molecular flexibility index (Phi) is 6.81. The maximum atomic E-state index is 2.39. The van der Waals surface area contributed by atoms with Crippen molar-refractivity contribution in [2.24, 2.45) is 0 Å². The van der Waals surface area contributed by atoms with Gasteiger partial charge in [-0.3, -0.25) is 0 Å². The van der Waals surface area contributed by atoms with E-state index in [1.807, 2.05) is 0 Å². The molecule has 2 heteroatoms. The SMILES string of the molecule is CC1=CCC([CH-]C2=C(C)C(C)=CC2)=C1C.Cl.[Zr]. The molecular formula is C15H20ClZr-. The molecule has 92 valence electrons. The van der Waals surface area contributed by atoms with Gasteiger partial charge in [0.25, 0.3) is 0 Å². The topological polar surface area (TPSA) is 0 Å². The van der Waals surface area contributed by atoms with E-state index in [-0.39, 0.29) is 38.6 Å². The van der Waals surface area contributed by atoms with E-state index >= 15 is 0 Å². The Morgan fingerprint density at radius 1 is 0.824 bits per heavy atom. The monoisotopic (exact) mass is 325 g/mol. The van der Waals surface area contributed by atoms with Gasteiger partial charge in [-0.15, -0.1) is 45.8 Å². The molecule has 0 radical (unpaired) electrons. The van der Waals surface area contributed by atoms with Crippen molar-refractivity contribution in [3.05, 3.63) is 52.0 Å². The van der Waals surface area contributed by atoms with Crippen molar-refractivity contribution in [3.63, 3.8) is 0 Å². The van der Waals surface area contributed by atoms with Gasteiger partial charge in [-0.25, -0.2) is 0 Å². The second-order valence-electron chi connectivity index (χ2n) is 4.63. The summed E-state index contributed by atoms with van der Waals surface area (Å²) in [6, 6.07) is 0. The minimum atomic E-state index is 0. The Labute approximate surface area is 130 Å². The molecule has 2 aliphatic carbocycles. The molecule has 0 unspecified atom stereocenters. The van der Waals surface area contributed by atoms with Crippen molar-refractivity contribution in [1.29, 1.82) is 0 Å². The molecular weight excluding hydrogens is 307 g/mol. The minimum Gasteiger partial charge on any atom is -0.163 e. The van der Waals surface area contributed by atoms with Crippen LogP contribution in [0, 0.1) is 6.42 Å². The second-order valence-corrected chi connectivity index (χ2v) is 4.63. The fraction of sp³-hybridized carbons (Fsp3) is 0.400. The molecule has 0 aromatic rings. The van der Waals surface area contributed by atoms with E-state index in [1.165, 1.54) is 33.4 Å². The van der Waals surface area contributed by atoms with Crippen molar-refractivity contribution >= 4 is 12.4 Å². The molecule has 0 fully saturated rings. The molecule has 2 aliphatic rings. The summed E-state index contributed by atoms with van der Waals surface area (Å²) in [6.45, 7) is 8.87. The van der Waals surface area contributed by atoms with Gasteiger partial charge in [-0.2, -0.15) is 6.42 Å². The van der Waals surface area contributed by atoms with Gasteiger partial charge in [0.05, 0.1) is 0 Å². The standard InChI is InChI=1S/C15H19.ClH.Zr/c1-10-5-7-14(12(10)3)9-15-8-6-11(2)13(15)4;;/h5-6,9H,7-8H2,1-4H3;1H;/q-1;;. The molecule has 0 aromatic carbocycles. The van der Waals surface area contributed by atoms with E-state index in [9.17, 15) is 0 Å². The van der Waals surface area contributed by atoms with Gasteiger partial charge in [0.2, 0.25) is 0 Å². The molecule has 0 N–H and O–H groups in total. The summed E-state index contributed by atoms with van der Waals surface area (Å²) >= 11 is 0. The van der Waals surface area contributed by atoms with Crippen LogP contribution in [-0.2, 0) is 26.2 Å². The Hall–Kier alpha value is 0.00312. The van der Waals surface area contributed by atoms with Crippen LogP contribution in [0.4, 0.5) is 0 Å². The van der Waals surface area contributed by atoms with E-state index in [0.29, 0.717) is 0 Å². The fourth-order valence-electron chi connectivity index (χ4n) is 2.19. The molecule has 0 spiro atoms. The Morgan fingerprint density at radius 2 is 1.18 bits per heavy atom. The Bertz CT molecular complexity index is 382. The van der Waals surface area contributed by atoms with Crippen LogP contribution in [0.25, 0.3) is 0 Å². The molecule has 0 aromatic heterocycles. The van der Waals surface area contributed by atoms with Crippen LogP contribution in [-0.4, -0.2) is 0 Å². The van der Waals surface area contributed by atoms with Crippen LogP contribution in [0.3, 0.4) is 0 Å². The predicted molar refractivity (Wildman–Crippen MR) is 73.7 cm³/mol. The van der Waals surface area contributed by atoms with Crippen molar-refractivity contribution in [2.75, 3.05) is 0 Å². The largest absolute Gasteiger partial charge is 0.163 e. The molecule has 0 aliphatic heterocycles. The summed E-state index contributed by atoms with van der Waals surface area (Å²) in [5.74, 6) is 0. The third-order valence-corrected chi connectivity index (χ3v) is 3.75. The quantitative estimate of drug-likeness (QED) is 0.630. The molecule has 0 nitrogen and oxygen atoms in total. The maximum absolute atomic E-state index is 2.39. The van der Waals surface area contributed by atoms with Gasteiger partial charge >= 0.3 is 0 Å². The normalized spacial score (nSPS) is 18.6. The van der Waals surface area contributed by atoms with Crippen LogP contribution in [0.5, 0.6) is 0 Å². The molecule has 0 heterocycles. The van der Waals surface area contributed by atoms with Gasteiger partial charge in [0, 0.05) is 26.2 Å². The van der Waals surface area contributed by atoms with Gasteiger partial charge in [0.1, 0.15) is 0 Å². The summed E-state index contributed by atoms with van der Waals surface area (Å²) in [6.07, 6.45) is 9.28. The first-order chi connectivity index (χ1) is 7.09. The summed E-state index contributed by atoms with van der Waals surface area (Å²) < 4.78 is 0. The van der Waals surface area contributed by atoms with Crippen LogP contribution in [0.2, 0.25) is 0 Å². The summed E-state index contributed by atoms with van der Waals surface area (Å²) in [7, 11) is 0. The van der Waals surface area contributed by atoms with Crippen LogP contribution < -0.4 is 0 Å². The second kappa shape index (κ2) is 6.81. The number of rotatable bonds is 2. The predicted octanol–water partition coefficient (Wildman–Crippen LogP) is 4.94. The van der Waals surface area contributed by atoms with E-state index in [0.717, 1.165) is 12.8 Å². The molecule has 0 amide bonds. The smallest absolute Gasteiger partial charge is 0 e. The molecule has 0 bridgehead atoms. The van der Waals surface area contributed by atoms with Gasteiger partial charge in [-0.1, -0.05) is 39.8 Å². The number of hydrogen-bond acceptors (Lipinski definition) is 0. The fourth-order valence-corrected chi connectivity index (χ4v) is 2.19. The molecule has 2 rings (SSSR count). The number of allylic oxidation sites excluding steroid dienone is 8. The van der Waals surface area contributed by atoms with E-state index in [4.69, 9.17) is 0 Å². The van der Waals surface area contributed by atoms with E-state index < -0.39 is 0 Å². The van der Waals surface area contributed by atoms with Gasteiger partial charge < -0.3 is 0 Å². The molecule has 0 saturated heterocycles. The van der Waals surface area contributed by atoms with Crippen LogP contribution in [0.1, 0.15) is 40.5 Å². The van der Waals surface area contributed by atoms with Crippen molar-refractivity contribution in [1.82, 2.24) is 0 Å². The minimum absolute atomic E-state index is 0. The summed E-state index contributed by atoms with van der Waals surface area (Å²) in [5, 5.41) is 0. The average molecular weight is 327 g/mol. The van der Waals surface area contributed by atoms with Crippen LogP contribution >= 0.6 is 12.4 Å². The average Bonchev–Trinajstić information content (AvgIpc) is 2.68. The zero-order chi connectivity index (χ0) is 11.0. The van der Waals surface area contributed by atoms with E-state index in [2.05, 4.69) is 46.3 Å². The van der Waals surface area contributed by atoms with E-state index in [1.54, 1.807) is 0 Å².